The number of nitrogens with zero attached hydrogens (tertiary/aromatic N) is 2. The summed E-state index contributed by atoms with van der Waals surface area (Å²) in [5, 5.41) is 6.83. The predicted octanol–water partition coefficient (Wildman–Crippen LogP) is 3.60. The number of aryl methyl sites for hydroxylation is 1. The van der Waals surface area contributed by atoms with E-state index in [1.807, 2.05) is 13.0 Å². The van der Waals surface area contributed by atoms with Gasteiger partial charge in [-0.1, -0.05) is 20.3 Å². The average molecular weight is 262 g/mol. The van der Waals surface area contributed by atoms with Crippen molar-refractivity contribution >= 4 is 11.6 Å². The zero-order valence-corrected chi connectivity index (χ0v) is 12.4. The smallest absolute Gasteiger partial charge is 0.131 e. The Bertz CT molecular complexity index is 407. The van der Waals surface area contributed by atoms with Crippen molar-refractivity contribution in [2.24, 2.45) is 5.41 Å². The summed E-state index contributed by atoms with van der Waals surface area (Å²) in [6, 6.07) is 2.02. The molecule has 0 bridgehead atoms. The standard InChI is InChI=1S/C15H26N4/c1-4-9-16-13-10-14(19-12(3)18-13)17-11-15(5-2)7-6-8-15/h10H,4-9,11H2,1-3H3,(H2,16,17,18,19). The van der Waals surface area contributed by atoms with Crippen LogP contribution in [0.5, 0.6) is 0 Å². The minimum atomic E-state index is 0.510. The number of aromatic nitrogens is 2. The molecule has 1 aromatic heterocycles. The summed E-state index contributed by atoms with van der Waals surface area (Å²) in [7, 11) is 0. The van der Waals surface area contributed by atoms with Gasteiger partial charge >= 0.3 is 0 Å². The van der Waals surface area contributed by atoms with Crippen LogP contribution in [-0.4, -0.2) is 23.1 Å². The lowest BCUT2D eigenvalue weighted by molar-refractivity contribution is 0.145. The van der Waals surface area contributed by atoms with Crippen LogP contribution < -0.4 is 10.6 Å². The molecule has 0 aliphatic heterocycles. The molecule has 0 amide bonds. The molecule has 0 radical (unpaired) electrons. The van der Waals surface area contributed by atoms with E-state index in [1.54, 1.807) is 0 Å². The molecule has 4 heteroatoms. The maximum Gasteiger partial charge on any atom is 0.131 e. The van der Waals surface area contributed by atoms with Gasteiger partial charge in [0.2, 0.25) is 0 Å². The average Bonchev–Trinajstić information content (AvgIpc) is 2.35. The van der Waals surface area contributed by atoms with E-state index in [2.05, 4.69) is 34.4 Å². The molecule has 0 spiro atoms. The van der Waals surface area contributed by atoms with Gasteiger partial charge in [-0.3, -0.25) is 0 Å². The minimum Gasteiger partial charge on any atom is -0.370 e. The number of nitrogens with one attached hydrogen (secondary N) is 2. The summed E-state index contributed by atoms with van der Waals surface area (Å²) >= 11 is 0. The van der Waals surface area contributed by atoms with Crippen molar-refractivity contribution in [2.75, 3.05) is 23.7 Å². The molecular weight excluding hydrogens is 236 g/mol. The van der Waals surface area contributed by atoms with Gasteiger partial charge in [0.05, 0.1) is 0 Å². The fourth-order valence-corrected chi connectivity index (χ4v) is 2.61. The number of hydrogen-bond donors (Lipinski definition) is 2. The molecule has 1 aromatic rings. The third-order valence-electron chi connectivity index (χ3n) is 4.20. The van der Waals surface area contributed by atoms with E-state index in [0.29, 0.717) is 5.41 Å². The van der Waals surface area contributed by atoms with E-state index in [0.717, 1.165) is 37.0 Å². The lowest BCUT2D eigenvalue weighted by Crippen LogP contribution is -2.36. The lowest BCUT2D eigenvalue weighted by atomic mass is 9.67. The van der Waals surface area contributed by atoms with Crippen molar-refractivity contribution in [3.63, 3.8) is 0 Å². The van der Waals surface area contributed by atoms with Crippen LogP contribution in [0.1, 0.15) is 51.8 Å². The first-order valence-corrected chi connectivity index (χ1v) is 7.51. The Labute approximate surface area is 116 Å². The van der Waals surface area contributed by atoms with Gasteiger partial charge in [0, 0.05) is 19.2 Å². The van der Waals surface area contributed by atoms with Crippen LogP contribution in [0.2, 0.25) is 0 Å². The normalized spacial score (nSPS) is 16.8. The van der Waals surface area contributed by atoms with E-state index in [1.165, 1.54) is 25.7 Å². The van der Waals surface area contributed by atoms with Crippen molar-refractivity contribution in [3.05, 3.63) is 11.9 Å². The summed E-state index contributed by atoms with van der Waals surface area (Å²) in [4.78, 5) is 8.88. The maximum atomic E-state index is 4.48. The van der Waals surface area contributed by atoms with Crippen LogP contribution in [0.3, 0.4) is 0 Å². The monoisotopic (exact) mass is 262 g/mol. The Kier molecular flexibility index (Phi) is 4.61. The van der Waals surface area contributed by atoms with Gasteiger partial charge in [-0.15, -0.1) is 0 Å². The van der Waals surface area contributed by atoms with E-state index in [9.17, 15) is 0 Å². The molecule has 4 nitrogen and oxygen atoms in total. The fraction of sp³-hybridized carbons (Fsp3) is 0.733. The molecule has 1 saturated carbocycles. The van der Waals surface area contributed by atoms with Crippen LogP contribution in [0.25, 0.3) is 0 Å². The third-order valence-corrected chi connectivity index (χ3v) is 4.20. The van der Waals surface area contributed by atoms with Gasteiger partial charge in [0.1, 0.15) is 17.5 Å². The van der Waals surface area contributed by atoms with Crippen molar-refractivity contribution in [1.29, 1.82) is 0 Å². The number of rotatable bonds is 7. The summed E-state index contributed by atoms with van der Waals surface area (Å²) in [6.45, 7) is 8.38. The largest absolute Gasteiger partial charge is 0.370 e. The molecule has 106 valence electrons. The zero-order chi connectivity index (χ0) is 13.7. The highest BCUT2D eigenvalue weighted by atomic mass is 15.1. The molecule has 1 heterocycles. The second kappa shape index (κ2) is 6.22. The Morgan fingerprint density at radius 3 is 2.37 bits per heavy atom. The van der Waals surface area contributed by atoms with Gasteiger partial charge in [-0.25, -0.2) is 9.97 Å². The van der Waals surface area contributed by atoms with E-state index < -0.39 is 0 Å². The molecule has 1 aliphatic carbocycles. The highest BCUT2D eigenvalue weighted by molar-refractivity contribution is 5.47. The Morgan fingerprint density at radius 2 is 1.84 bits per heavy atom. The van der Waals surface area contributed by atoms with Crippen molar-refractivity contribution in [3.8, 4) is 0 Å². The molecule has 0 atom stereocenters. The van der Waals surface area contributed by atoms with Crippen molar-refractivity contribution in [2.45, 2.75) is 52.9 Å². The second-order valence-electron chi connectivity index (χ2n) is 5.67. The first-order valence-electron chi connectivity index (χ1n) is 7.51. The number of hydrogen-bond acceptors (Lipinski definition) is 4. The zero-order valence-electron chi connectivity index (χ0n) is 12.4. The first kappa shape index (κ1) is 14.1. The van der Waals surface area contributed by atoms with Crippen LogP contribution in [0.4, 0.5) is 11.6 Å². The van der Waals surface area contributed by atoms with Crippen LogP contribution in [0, 0.1) is 12.3 Å². The van der Waals surface area contributed by atoms with Gasteiger partial charge < -0.3 is 10.6 Å². The molecule has 0 aromatic carbocycles. The highest BCUT2D eigenvalue weighted by Crippen LogP contribution is 2.43. The first-order chi connectivity index (χ1) is 9.17. The molecule has 2 N–H and O–H groups in total. The lowest BCUT2D eigenvalue weighted by Gasteiger charge is -2.41. The summed E-state index contributed by atoms with van der Waals surface area (Å²) in [6.07, 6.45) is 6.43. The highest BCUT2D eigenvalue weighted by Gasteiger charge is 2.34. The molecule has 0 saturated heterocycles. The van der Waals surface area contributed by atoms with Crippen molar-refractivity contribution in [1.82, 2.24) is 9.97 Å². The molecule has 2 rings (SSSR count). The fourth-order valence-electron chi connectivity index (χ4n) is 2.61. The summed E-state index contributed by atoms with van der Waals surface area (Å²) in [5.41, 5.74) is 0.510. The van der Waals surface area contributed by atoms with E-state index in [4.69, 9.17) is 0 Å². The Morgan fingerprint density at radius 1 is 1.16 bits per heavy atom. The predicted molar refractivity (Wildman–Crippen MR) is 80.6 cm³/mol. The van der Waals surface area contributed by atoms with E-state index >= 15 is 0 Å². The molecule has 1 fully saturated rings. The topological polar surface area (TPSA) is 49.8 Å². The number of anilines is 2. The Balaban J connectivity index is 1.97. The minimum absolute atomic E-state index is 0.510. The second-order valence-corrected chi connectivity index (χ2v) is 5.67. The van der Waals surface area contributed by atoms with Gasteiger partial charge in [0.15, 0.2) is 0 Å². The van der Waals surface area contributed by atoms with Crippen LogP contribution in [0.15, 0.2) is 6.07 Å². The van der Waals surface area contributed by atoms with Crippen LogP contribution in [-0.2, 0) is 0 Å². The quantitative estimate of drug-likeness (QED) is 0.788. The van der Waals surface area contributed by atoms with Gasteiger partial charge in [0.25, 0.3) is 0 Å². The van der Waals surface area contributed by atoms with Crippen LogP contribution >= 0.6 is 0 Å². The van der Waals surface area contributed by atoms with Gasteiger partial charge in [-0.2, -0.15) is 0 Å². The molecule has 19 heavy (non-hydrogen) atoms. The molecule has 0 unspecified atom stereocenters. The third kappa shape index (κ3) is 3.58. The summed E-state index contributed by atoms with van der Waals surface area (Å²) in [5.74, 6) is 2.70. The SMILES string of the molecule is CCCNc1cc(NCC2(CC)CCC2)nc(C)n1. The molecule has 1 aliphatic rings. The maximum absolute atomic E-state index is 4.48. The van der Waals surface area contributed by atoms with E-state index in [-0.39, 0.29) is 0 Å². The van der Waals surface area contributed by atoms with Gasteiger partial charge in [-0.05, 0) is 38.0 Å². The molecular formula is C15H26N4. The Hall–Kier alpha value is -1.32. The summed E-state index contributed by atoms with van der Waals surface area (Å²) < 4.78 is 0. The van der Waals surface area contributed by atoms with Crippen molar-refractivity contribution < 1.29 is 0 Å².